The number of hydrogen-bond donors (Lipinski definition) is 2. The van der Waals surface area contributed by atoms with Gasteiger partial charge >= 0.3 is 0 Å². The van der Waals surface area contributed by atoms with Crippen molar-refractivity contribution in [3.05, 3.63) is 0 Å². The lowest BCUT2D eigenvalue weighted by molar-refractivity contribution is -0.208. The largest absolute Gasteiger partial charge is 0.389 e. The monoisotopic (exact) mass is 297 g/mol. The lowest BCUT2D eigenvalue weighted by Crippen LogP contribution is -2.60. The molecular weight excluding hydrogens is 262 g/mol. The van der Waals surface area contributed by atoms with Gasteiger partial charge in [0.05, 0.1) is 17.8 Å². The van der Waals surface area contributed by atoms with Crippen LogP contribution in [0.15, 0.2) is 0 Å². The molecule has 2 rings (SSSR count). The van der Waals surface area contributed by atoms with Crippen LogP contribution in [0.5, 0.6) is 0 Å². The summed E-state index contributed by atoms with van der Waals surface area (Å²) in [6, 6.07) is 0. The van der Waals surface area contributed by atoms with Crippen LogP contribution in [0.25, 0.3) is 0 Å². The number of ether oxygens (including phenoxy) is 1. The molecule has 0 radical (unpaired) electrons. The van der Waals surface area contributed by atoms with Gasteiger partial charge < -0.3 is 15.6 Å². The van der Waals surface area contributed by atoms with E-state index in [9.17, 15) is 5.11 Å². The van der Waals surface area contributed by atoms with Gasteiger partial charge in [-0.2, -0.15) is 0 Å². The highest BCUT2D eigenvalue weighted by atomic mass is 16.5. The summed E-state index contributed by atoms with van der Waals surface area (Å²) in [6.45, 7) is 7.84. The van der Waals surface area contributed by atoms with Gasteiger partial charge in [0.2, 0.25) is 0 Å². The van der Waals surface area contributed by atoms with Crippen molar-refractivity contribution in [1.29, 1.82) is 0 Å². The van der Waals surface area contributed by atoms with Gasteiger partial charge in [-0.15, -0.1) is 0 Å². The third kappa shape index (κ3) is 3.30. The van der Waals surface area contributed by atoms with E-state index in [1.807, 2.05) is 0 Å². The van der Waals surface area contributed by atoms with E-state index in [2.05, 4.69) is 20.8 Å². The maximum absolute atomic E-state index is 11.5. The molecule has 0 spiro atoms. The van der Waals surface area contributed by atoms with Gasteiger partial charge in [-0.25, -0.2) is 0 Å². The fourth-order valence-electron chi connectivity index (χ4n) is 4.69. The summed E-state index contributed by atoms with van der Waals surface area (Å²) in [5.74, 6) is 0.843. The summed E-state index contributed by atoms with van der Waals surface area (Å²) in [5.41, 5.74) is 5.29. The van der Waals surface area contributed by atoms with Crippen molar-refractivity contribution in [2.75, 3.05) is 13.2 Å². The van der Waals surface area contributed by atoms with Crippen molar-refractivity contribution >= 4 is 0 Å². The number of aliphatic hydroxyl groups is 1. The Labute approximate surface area is 130 Å². The Bertz CT molecular complexity index is 338. The van der Waals surface area contributed by atoms with Crippen molar-refractivity contribution in [3.8, 4) is 0 Å². The molecule has 2 atom stereocenters. The first-order chi connectivity index (χ1) is 9.92. The standard InChI is InChI=1S/C18H35NO2/c1-4-6-15-7-9-17(14-19,10-8-15)18(20)11-12-21-16(3,5-2)13-18/h15,20H,4-14,19H2,1-3H3. The van der Waals surface area contributed by atoms with Crippen molar-refractivity contribution in [3.63, 3.8) is 0 Å². The summed E-state index contributed by atoms with van der Waals surface area (Å²) in [5, 5.41) is 11.5. The van der Waals surface area contributed by atoms with E-state index in [4.69, 9.17) is 10.5 Å². The SMILES string of the molecule is CCCC1CCC(CN)(C2(O)CCOC(C)(CC)C2)CC1. The third-order valence-electron chi connectivity index (χ3n) is 6.52. The molecule has 1 aliphatic carbocycles. The molecule has 1 saturated carbocycles. The Hall–Kier alpha value is -0.120. The van der Waals surface area contributed by atoms with Crippen LogP contribution in [-0.2, 0) is 4.74 Å². The summed E-state index contributed by atoms with van der Waals surface area (Å²) in [4.78, 5) is 0. The average Bonchev–Trinajstić information content (AvgIpc) is 2.48. The van der Waals surface area contributed by atoms with Crippen LogP contribution in [-0.4, -0.2) is 29.5 Å². The van der Waals surface area contributed by atoms with Gasteiger partial charge in [-0.05, 0) is 44.9 Å². The van der Waals surface area contributed by atoms with E-state index in [-0.39, 0.29) is 11.0 Å². The van der Waals surface area contributed by atoms with E-state index >= 15 is 0 Å². The average molecular weight is 297 g/mol. The smallest absolute Gasteiger partial charge is 0.0765 e. The molecule has 3 N–H and O–H groups in total. The van der Waals surface area contributed by atoms with Crippen LogP contribution in [0.3, 0.4) is 0 Å². The molecule has 0 bridgehead atoms. The predicted octanol–water partition coefficient (Wildman–Crippen LogP) is 3.63. The number of rotatable bonds is 5. The number of hydrogen-bond acceptors (Lipinski definition) is 3. The van der Waals surface area contributed by atoms with E-state index in [0.29, 0.717) is 13.2 Å². The molecule has 1 saturated heterocycles. The zero-order chi connectivity index (χ0) is 15.6. The molecule has 3 nitrogen and oxygen atoms in total. The second-order valence-corrected chi connectivity index (χ2v) is 7.83. The van der Waals surface area contributed by atoms with Gasteiger partial charge in [-0.3, -0.25) is 0 Å². The molecule has 1 aliphatic heterocycles. The highest BCUT2D eigenvalue weighted by molar-refractivity contribution is 5.06. The predicted molar refractivity (Wildman–Crippen MR) is 87.2 cm³/mol. The van der Waals surface area contributed by atoms with Crippen LogP contribution < -0.4 is 5.73 Å². The molecule has 0 aromatic rings. The fraction of sp³-hybridized carbons (Fsp3) is 1.00. The Kier molecular flexibility index (Phi) is 5.38. The summed E-state index contributed by atoms with van der Waals surface area (Å²) >= 11 is 0. The second-order valence-electron chi connectivity index (χ2n) is 7.83. The van der Waals surface area contributed by atoms with Gasteiger partial charge in [0.1, 0.15) is 0 Å². The van der Waals surface area contributed by atoms with Gasteiger partial charge in [0.15, 0.2) is 0 Å². The summed E-state index contributed by atoms with van der Waals surface area (Å²) in [6.07, 6.45) is 9.68. The topological polar surface area (TPSA) is 55.5 Å². The molecule has 0 amide bonds. The summed E-state index contributed by atoms with van der Waals surface area (Å²) < 4.78 is 5.95. The molecule has 0 aromatic carbocycles. The first-order valence-electron chi connectivity index (χ1n) is 8.99. The normalized spacial score (nSPS) is 44.7. The van der Waals surface area contributed by atoms with Crippen LogP contribution in [0.1, 0.15) is 78.6 Å². The molecule has 2 aliphatic rings. The van der Waals surface area contributed by atoms with E-state index in [1.54, 1.807) is 0 Å². The van der Waals surface area contributed by atoms with Gasteiger partial charge in [0.25, 0.3) is 0 Å². The van der Waals surface area contributed by atoms with Crippen LogP contribution in [0.2, 0.25) is 0 Å². The minimum absolute atomic E-state index is 0.0859. The lowest BCUT2D eigenvalue weighted by Gasteiger charge is -2.55. The Morgan fingerprint density at radius 3 is 2.38 bits per heavy atom. The lowest BCUT2D eigenvalue weighted by atomic mass is 9.57. The quantitative estimate of drug-likeness (QED) is 0.814. The van der Waals surface area contributed by atoms with Crippen LogP contribution >= 0.6 is 0 Å². The molecule has 1 heterocycles. The molecule has 2 unspecified atom stereocenters. The van der Waals surface area contributed by atoms with Crippen molar-refractivity contribution in [1.82, 2.24) is 0 Å². The zero-order valence-corrected chi connectivity index (χ0v) is 14.3. The van der Waals surface area contributed by atoms with Crippen molar-refractivity contribution in [2.45, 2.75) is 89.8 Å². The van der Waals surface area contributed by atoms with E-state index in [1.165, 1.54) is 25.7 Å². The number of nitrogens with two attached hydrogens (primary N) is 1. The second kappa shape index (κ2) is 6.55. The molecule has 124 valence electrons. The highest BCUT2D eigenvalue weighted by Crippen LogP contribution is 2.53. The maximum Gasteiger partial charge on any atom is 0.0765 e. The van der Waals surface area contributed by atoms with Gasteiger partial charge in [-0.1, -0.05) is 26.7 Å². The first-order valence-corrected chi connectivity index (χ1v) is 8.99. The summed E-state index contributed by atoms with van der Waals surface area (Å²) in [7, 11) is 0. The molecular formula is C18H35NO2. The Morgan fingerprint density at radius 1 is 1.19 bits per heavy atom. The third-order valence-corrected chi connectivity index (χ3v) is 6.52. The fourth-order valence-corrected chi connectivity index (χ4v) is 4.69. The van der Waals surface area contributed by atoms with Crippen molar-refractivity contribution in [2.24, 2.45) is 17.1 Å². The maximum atomic E-state index is 11.5. The minimum Gasteiger partial charge on any atom is -0.389 e. The van der Waals surface area contributed by atoms with Crippen LogP contribution in [0.4, 0.5) is 0 Å². The van der Waals surface area contributed by atoms with Gasteiger partial charge in [0, 0.05) is 24.8 Å². The molecule has 0 aromatic heterocycles. The molecule has 2 fully saturated rings. The van der Waals surface area contributed by atoms with E-state index in [0.717, 1.165) is 38.0 Å². The zero-order valence-electron chi connectivity index (χ0n) is 14.3. The Morgan fingerprint density at radius 2 is 1.86 bits per heavy atom. The molecule has 3 heteroatoms. The molecule has 21 heavy (non-hydrogen) atoms. The minimum atomic E-state index is -0.637. The first kappa shape index (κ1) is 17.2. The van der Waals surface area contributed by atoms with Crippen molar-refractivity contribution < 1.29 is 9.84 Å². The Balaban J connectivity index is 2.12. The van der Waals surface area contributed by atoms with E-state index < -0.39 is 5.60 Å². The highest BCUT2D eigenvalue weighted by Gasteiger charge is 2.54. The van der Waals surface area contributed by atoms with Crippen LogP contribution in [0, 0.1) is 11.3 Å².